The summed E-state index contributed by atoms with van der Waals surface area (Å²) in [5, 5.41) is 3.72. The molecular weight excluding hydrogens is 456 g/mol. The second-order valence-corrected chi connectivity index (χ2v) is 10.7. The van der Waals surface area contributed by atoms with Gasteiger partial charge < -0.3 is 19.2 Å². The number of amides is 1. The Labute approximate surface area is 199 Å². The molecule has 0 radical (unpaired) electrons. The first kappa shape index (κ1) is 24.3. The zero-order chi connectivity index (χ0) is 24.5. The van der Waals surface area contributed by atoms with Crippen LogP contribution in [0.5, 0.6) is 5.75 Å². The second-order valence-electron chi connectivity index (χ2n) is 8.72. The number of nitrogens with one attached hydrogen (secondary N) is 1. The number of furan rings is 1. The number of sulfonamides is 1. The van der Waals surface area contributed by atoms with Gasteiger partial charge in [0.2, 0.25) is 15.9 Å². The first-order valence-corrected chi connectivity index (χ1v) is 12.7. The van der Waals surface area contributed by atoms with Crippen molar-refractivity contribution in [3.63, 3.8) is 0 Å². The summed E-state index contributed by atoms with van der Waals surface area (Å²) in [6, 6.07) is 8.55. The molecule has 0 spiro atoms. The Bertz CT molecular complexity index is 1310. The van der Waals surface area contributed by atoms with Crippen LogP contribution in [0.2, 0.25) is 0 Å². The average molecular weight is 487 g/mol. The number of nitrogens with zero attached hydrogens (tertiary/aromatic N) is 1. The molecule has 0 aliphatic carbocycles. The topological polar surface area (TPSA) is 98.1 Å². The molecule has 0 saturated carbocycles. The van der Waals surface area contributed by atoms with Crippen molar-refractivity contribution in [2.75, 3.05) is 38.7 Å². The van der Waals surface area contributed by atoms with E-state index in [9.17, 15) is 13.2 Å². The highest BCUT2D eigenvalue weighted by Crippen LogP contribution is 2.31. The van der Waals surface area contributed by atoms with E-state index in [0.717, 1.165) is 22.1 Å². The number of rotatable bonds is 7. The first-order valence-electron chi connectivity index (χ1n) is 11.3. The molecule has 1 N–H and O–H groups in total. The van der Waals surface area contributed by atoms with Crippen LogP contribution in [-0.4, -0.2) is 52.0 Å². The van der Waals surface area contributed by atoms with E-state index in [1.807, 2.05) is 13.0 Å². The van der Waals surface area contributed by atoms with Gasteiger partial charge in [0, 0.05) is 24.0 Å². The Balaban J connectivity index is 1.58. The Morgan fingerprint density at radius 3 is 2.59 bits per heavy atom. The molecule has 0 atom stereocenters. The normalized spacial score (nSPS) is 15.1. The highest BCUT2D eigenvalue weighted by Gasteiger charge is 2.27. The van der Waals surface area contributed by atoms with E-state index in [4.69, 9.17) is 13.9 Å². The molecule has 8 nitrogen and oxygen atoms in total. The number of ether oxygens (including phenoxy) is 2. The fourth-order valence-electron chi connectivity index (χ4n) is 4.25. The molecule has 4 rings (SSSR count). The fourth-order valence-corrected chi connectivity index (χ4v) is 5.69. The Hall–Kier alpha value is -2.88. The number of benzene rings is 2. The minimum Gasteiger partial charge on any atom is -0.495 e. The maximum Gasteiger partial charge on any atom is 0.243 e. The third-order valence-corrected chi connectivity index (χ3v) is 7.96. The molecule has 0 bridgehead atoms. The quantitative estimate of drug-likeness (QED) is 0.541. The van der Waals surface area contributed by atoms with Crippen molar-refractivity contribution in [3.8, 4) is 5.75 Å². The fraction of sp³-hybridized carbons (Fsp3) is 0.400. The van der Waals surface area contributed by atoms with E-state index in [-0.39, 0.29) is 17.2 Å². The lowest BCUT2D eigenvalue weighted by atomic mass is 9.95. The van der Waals surface area contributed by atoms with Gasteiger partial charge >= 0.3 is 0 Å². The maximum absolute atomic E-state index is 13.0. The lowest BCUT2D eigenvalue weighted by Crippen LogP contribution is -2.40. The van der Waals surface area contributed by atoms with E-state index in [1.165, 1.54) is 29.1 Å². The predicted octanol–water partition coefficient (Wildman–Crippen LogP) is 4.08. The number of morpholine rings is 1. The van der Waals surface area contributed by atoms with Crippen LogP contribution in [0.1, 0.15) is 36.5 Å². The van der Waals surface area contributed by atoms with Gasteiger partial charge in [0.25, 0.3) is 0 Å². The number of methoxy groups -OCH3 is 1. The van der Waals surface area contributed by atoms with Crippen LogP contribution in [-0.2, 0) is 26.0 Å². The summed E-state index contributed by atoms with van der Waals surface area (Å²) in [6.45, 7) is 7.61. The standard InChI is InChI=1S/C25H30N2O6S/c1-16(2)20-14-21-18(15-33-24(21)11-17(20)3)12-25(28)26-22-13-19(5-6-23(22)31-4)34(29,30)27-7-9-32-10-8-27/h5-6,11,13-16H,7-10,12H2,1-4H3,(H,26,28). The number of hydrogen-bond acceptors (Lipinski definition) is 6. The molecule has 34 heavy (non-hydrogen) atoms. The van der Waals surface area contributed by atoms with Crippen LogP contribution in [0.25, 0.3) is 11.0 Å². The van der Waals surface area contributed by atoms with Crippen LogP contribution in [0.4, 0.5) is 5.69 Å². The molecule has 2 heterocycles. The summed E-state index contributed by atoms with van der Waals surface area (Å²) in [6.07, 6.45) is 1.68. The lowest BCUT2D eigenvalue weighted by Gasteiger charge is -2.26. The van der Waals surface area contributed by atoms with Crippen molar-refractivity contribution in [1.82, 2.24) is 4.31 Å². The summed E-state index contributed by atoms with van der Waals surface area (Å²) in [7, 11) is -2.24. The maximum atomic E-state index is 13.0. The highest BCUT2D eigenvalue weighted by atomic mass is 32.2. The predicted molar refractivity (Wildman–Crippen MR) is 130 cm³/mol. The summed E-state index contributed by atoms with van der Waals surface area (Å²) in [5.74, 6) is 0.430. The number of hydrogen-bond donors (Lipinski definition) is 1. The molecule has 1 aliphatic rings. The third-order valence-electron chi connectivity index (χ3n) is 6.07. The van der Waals surface area contributed by atoms with Gasteiger partial charge in [-0.2, -0.15) is 4.31 Å². The largest absolute Gasteiger partial charge is 0.495 e. The Kier molecular flexibility index (Phi) is 6.97. The average Bonchev–Trinajstić information content (AvgIpc) is 3.19. The van der Waals surface area contributed by atoms with Gasteiger partial charge in [0.15, 0.2) is 0 Å². The highest BCUT2D eigenvalue weighted by molar-refractivity contribution is 7.89. The molecule has 1 fully saturated rings. The molecule has 1 saturated heterocycles. The molecule has 1 aromatic heterocycles. The minimum atomic E-state index is -3.71. The SMILES string of the molecule is COc1ccc(S(=O)(=O)N2CCOCC2)cc1NC(=O)Cc1coc2cc(C)c(C(C)C)cc12. The van der Waals surface area contributed by atoms with E-state index < -0.39 is 10.0 Å². The zero-order valence-electron chi connectivity index (χ0n) is 19.9. The monoisotopic (exact) mass is 486 g/mol. The van der Waals surface area contributed by atoms with Crippen molar-refractivity contribution < 1.29 is 27.1 Å². The van der Waals surface area contributed by atoms with Gasteiger partial charge in [-0.15, -0.1) is 0 Å². The van der Waals surface area contributed by atoms with Crippen molar-refractivity contribution in [3.05, 3.63) is 53.3 Å². The lowest BCUT2D eigenvalue weighted by molar-refractivity contribution is -0.115. The van der Waals surface area contributed by atoms with Gasteiger partial charge in [-0.1, -0.05) is 13.8 Å². The van der Waals surface area contributed by atoms with Gasteiger partial charge in [0.05, 0.1) is 43.6 Å². The van der Waals surface area contributed by atoms with E-state index >= 15 is 0 Å². The number of aryl methyl sites for hydroxylation is 1. The van der Waals surface area contributed by atoms with Crippen LogP contribution in [0.3, 0.4) is 0 Å². The molecule has 0 unspecified atom stereocenters. The second kappa shape index (κ2) is 9.77. The van der Waals surface area contributed by atoms with Crippen LogP contribution in [0.15, 0.2) is 45.9 Å². The van der Waals surface area contributed by atoms with E-state index in [0.29, 0.717) is 43.7 Å². The van der Waals surface area contributed by atoms with E-state index in [1.54, 1.807) is 12.3 Å². The number of anilines is 1. The number of fused-ring (bicyclic) bond motifs is 1. The van der Waals surface area contributed by atoms with Crippen LogP contribution >= 0.6 is 0 Å². The molecule has 3 aromatic rings. The molecule has 1 aliphatic heterocycles. The molecular formula is C25H30N2O6S. The van der Waals surface area contributed by atoms with Gasteiger partial charge in [-0.05, 0) is 54.3 Å². The van der Waals surface area contributed by atoms with Crippen LogP contribution in [0, 0.1) is 6.92 Å². The van der Waals surface area contributed by atoms with Gasteiger partial charge in [-0.25, -0.2) is 8.42 Å². The first-order chi connectivity index (χ1) is 16.2. The van der Waals surface area contributed by atoms with Crippen LogP contribution < -0.4 is 10.1 Å². The summed E-state index contributed by atoms with van der Waals surface area (Å²) < 4.78 is 43.8. The molecule has 1 amide bonds. The molecule has 2 aromatic carbocycles. The van der Waals surface area contributed by atoms with Gasteiger partial charge in [0.1, 0.15) is 11.3 Å². The van der Waals surface area contributed by atoms with Crippen molar-refractivity contribution >= 4 is 32.6 Å². The smallest absolute Gasteiger partial charge is 0.243 e. The van der Waals surface area contributed by atoms with Crippen molar-refractivity contribution in [2.24, 2.45) is 0 Å². The zero-order valence-corrected chi connectivity index (χ0v) is 20.7. The van der Waals surface area contributed by atoms with Crippen molar-refractivity contribution in [1.29, 1.82) is 0 Å². The van der Waals surface area contributed by atoms with Gasteiger partial charge in [-0.3, -0.25) is 4.79 Å². The van der Waals surface area contributed by atoms with Crippen molar-refractivity contribution in [2.45, 2.75) is 38.0 Å². The van der Waals surface area contributed by atoms with E-state index in [2.05, 4.69) is 25.2 Å². The molecule has 182 valence electrons. The summed E-state index contributed by atoms with van der Waals surface area (Å²) >= 11 is 0. The number of carbonyl (C=O) groups is 1. The summed E-state index contributed by atoms with van der Waals surface area (Å²) in [5.41, 5.74) is 4.16. The summed E-state index contributed by atoms with van der Waals surface area (Å²) in [4.78, 5) is 13.0. The minimum absolute atomic E-state index is 0.0805. The Morgan fingerprint density at radius 1 is 1.18 bits per heavy atom. The third kappa shape index (κ3) is 4.82. The number of carbonyl (C=O) groups excluding carboxylic acids is 1. The molecule has 9 heteroatoms. The Morgan fingerprint density at radius 2 is 1.91 bits per heavy atom.